The summed E-state index contributed by atoms with van der Waals surface area (Å²) in [5.41, 5.74) is 3.45. The number of anilines is 1. The number of hydrogen-bond acceptors (Lipinski definition) is 5. The van der Waals surface area contributed by atoms with Crippen molar-refractivity contribution in [3.63, 3.8) is 0 Å². The van der Waals surface area contributed by atoms with E-state index in [0.717, 1.165) is 11.5 Å². The molecule has 0 radical (unpaired) electrons. The third-order valence-electron chi connectivity index (χ3n) is 3.91. The van der Waals surface area contributed by atoms with E-state index in [1.807, 2.05) is 37.8 Å². The first-order chi connectivity index (χ1) is 13.8. The maximum atomic E-state index is 10.3. The number of hydrogen-bond donors (Lipinski definition) is 1. The lowest BCUT2D eigenvalue weighted by molar-refractivity contribution is -0.385. The first-order valence-corrected chi connectivity index (χ1v) is 9.43. The molecule has 1 aromatic heterocycles. The Balaban J connectivity index is 0.000000273. The molecule has 1 heterocycles. The van der Waals surface area contributed by atoms with Crippen molar-refractivity contribution >= 4 is 29.4 Å². The average molecular weight is 417 g/mol. The summed E-state index contributed by atoms with van der Waals surface area (Å²) in [7, 11) is 1.87. The van der Waals surface area contributed by atoms with Gasteiger partial charge in [-0.25, -0.2) is 4.68 Å². The van der Waals surface area contributed by atoms with Crippen molar-refractivity contribution in [3.05, 3.63) is 80.5 Å². The van der Waals surface area contributed by atoms with Crippen LogP contribution >= 0.6 is 11.6 Å². The van der Waals surface area contributed by atoms with E-state index in [0.29, 0.717) is 11.3 Å². The molecule has 29 heavy (non-hydrogen) atoms. The van der Waals surface area contributed by atoms with Gasteiger partial charge >= 0.3 is 0 Å². The molecule has 3 aromatic rings. The number of nitro groups is 1. The fraction of sp³-hybridized carbons (Fsp3) is 0.238. The topological polar surface area (TPSA) is 90.1 Å². The molecule has 0 saturated carbocycles. The smallest absolute Gasteiger partial charge is 0.279 e. The lowest BCUT2D eigenvalue weighted by Crippen LogP contribution is -1.97. The number of nitro benzene ring substituents is 1. The molecular weight excluding hydrogens is 392 g/mol. The Kier molecular flexibility index (Phi) is 9.55. The van der Waals surface area contributed by atoms with Crippen molar-refractivity contribution in [1.82, 2.24) is 9.78 Å². The van der Waals surface area contributed by atoms with E-state index in [4.69, 9.17) is 11.6 Å². The fourth-order valence-corrected chi connectivity index (χ4v) is 2.44. The molecule has 0 fully saturated rings. The van der Waals surface area contributed by atoms with E-state index in [2.05, 4.69) is 42.5 Å². The van der Waals surface area contributed by atoms with Crippen LogP contribution in [0.1, 0.15) is 35.3 Å². The summed E-state index contributed by atoms with van der Waals surface area (Å²) in [4.78, 5) is 20.0. The first-order valence-electron chi connectivity index (χ1n) is 9.06. The van der Waals surface area contributed by atoms with Gasteiger partial charge in [-0.05, 0) is 49.2 Å². The highest BCUT2D eigenvalue weighted by atomic mass is 35.5. The Bertz CT molecular complexity index is 970. The van der Waals surface area contributed by atoms with Gasteiger partial charge in [0.15, 0.2) is 6.29 Å². The molecule has 1 N–H and O–H groups in total. The normalized spacial score (nSPS) is 9.45. The largest absolute Gasteiger partial charge is 0.372 e. The highest BCUT2D eigenvalue weighted by Gasteiger charge is 2.12. The van der Waals surface area contributed by atoms with Gasteiger partial charge in [-0.3, -0.25) is 14.9 Å². The molecule has 0 bridgehead atoms. The van der Waals surface area contributed by atoms with E-state index < -0.39 is 4.92 Å². The Morgan fingerprint density at radius 3 is 2.31 bits per heavy atom. The van der Waals surface area contributed by atoms with Crippen LogP contribution < -0.4 is 5.32 Å². The van der Waals surface area contributed by atoms with Crippen molar-refractivity contribution in [3.8, 4) is 5.69 Å². The third-order valence-corrected chi connectivity index (χ3v) is 4.15. The second-order valence-electron chi connectivity index (χ2n) is 5.74. The maximum Gasteiger partial charge on any atom is 0.279 e. The number of nitrogens with one attached hydrogen (secondary N) is 1. The zero-order valence-corrected chi connectivity index (χ0v) is 17.9. The van der Waals surface area contributed by atoms with Crippen molar-refractivity contribution in [2.24, 2.45) is 0 Å². The highest BCUT2D eigenvalue weighted by Crippen LogP contribution is 2.20. The number of carbonyl (C=O) groups is 1. The number of aryl methyl sites for hydroxylation is 2. The molecule has 0 spiro atoms. The summed E-state index contributed by atoms with van der Waals surface area (Å²) in [5.74, 6) is 0.883. The van der Waals surface area contributed by atoms with E-state index in [-0.39, 0.29) is 11.3 Å². The van der Waals surface area contributed by atoms with Crippen molar-refractivity contribution in [2.75, 3.05) is 12.4 Å². The number of rotatable bonds is 4. The van der Waals surface area contributed by atoms with Crippen LogP contribution in [0.2, 0.25) is 5.02 Å². The summed E-state index contributed by atoms with van der Waals surface area (Å²) in [6.45, 7) is 8.22. The first kappa shape index (κ1) is 23.8. The van der Waals surface area contributed by atoms with Crippen LogP contribution in [-0.2, 0) is 0 Å². The van der Waals surface area contributed by atoms with Crippen molar-refractivity contribution < 1.29 is 9.72 Å². The van der Waals surface area contributed by atoms with Gasteiger partial charge in [0.05, 0.1) is 16.2 Å². The lowest BCUT2D eigenvalue weighted by atomic mass is 10.1. The van der Waals surface area contributed by atoms with Gasteiger partial charge in [-0.15, -0.1) is 0 Å². The van der Waals surface area contributed by atoms with E-state index in [1.54, 1.807) is 0 Å². The zero-order valence-electron chi connectivity index (χ0n) is 17.1. The minimum Gasteiger partial charge on any atom is -0.372 e. The van der Waals surface area contributed by atoms with Crippen molar-refractivity contribution in [2.45, 2.75) is 27.7 Å². The number of aromatic nitrogens is 2. The highest BCUT2D eigenvalue weighted by molar-refractivity contribution is 6.30. The zero-order chi connectivity index (χ0) is 22.0. The summed E-state index contributed by atoms with van der Waals surface area (Å²) in [5, 5.41) is 18.0. The van der Waals surface area contributed by atoms with Crippen LogP contribution in [0.3, 0.4) is 0 Å². The standard InChI is InChI=1S/C12H15N3.C7H4ClNO3.C2H6/c1-9-4-5-11(8-10(9)2)15-7-6-12(13-3)14-15;8-6-1-2-7(9(11)12)5(3-6)4-10;1-2/h4-8H,1-3H3,(H,13,14);1-4H;1-2H3. The summed E-state index contributed by atoms with van der Waals surface area (Å²) in [6.07, 6.45) is 2.36. The molecule has 0 atom stereocenters. The Labute approximate surface area is 175 Å². The molecule has 3 rings (SSSR count). The molecule has 2 aromatic carbocycles. The third kappa shape index (κ3) is 6.73. The molecular formula is C21H25ClN4O3. The number of carbonyl (C=O) groups excluding carboxylic acids is 1. The van der Waals surface area contributed by atoms with E-state index in [1.165, 1.54) is 29.3 Å². The SMILES string of the molecule is CC.CNc1ccn(-c2ccc(C)c(C)c2)n1.O=Cc1cc(Cl)ccc1[N+](=O)[O-]. The molecule has 0 saturated heterocycles. The Morgan fingerprint density at radius 1 is 1.10 bits per heavy atom. The molecule has 0 aliphatic carbocycles. The number of benzene rings is 2. The molecule has 0 amide bonds. The van der Waals surface area contributed by atoms with Gasteiger partial charge in [0, 0.05) is 30.4 Å². The second kappa shape index (κ2) is 11.6. The number of aldehydes is 1. The predicted octanol–water partition coefficient (Wildman–Crippen LogP) is 5.62. The summed E-state index contributed by atoms with van der Waals surface area (Å²) >= 11 is 5.52. The molecule has 0 unspecified atom stereocenters. The van der Waals surface area contributed by atoms with E-state index >= 15 is 0 Å². The van der Waals surface area contributed by atoms with Gasteiger partial charge in [-0.2, -0.15) is 5.10 Å². The molecule has 7 nitrogen and oxygen atoms in total. The van der Waals surface area contributed by atoms with Crippen LogP contribution in [-0.4, -0.2) is 28.0 Å². The second-order valence-corrected chi connectivity index (χ2v) is 6.18. The minimum atomic E-state index is -0.625. The lowest BCUT2D eigenvalue weighted by Gasteiger charge is -2.04. The monoisotopic (exact) mass is 416 g/mol. The number of halogens is 1. The van der Waals surface area contributed by atoms with Crippen LogP contribution in [0.15, 0.2) is 48.7 Å². The maximum absolute atomic E-state index is 10.3. The molecule has 0 aliphatic rings. The number of nitrogens with zero attached hydrogens (tertiary/aromatic N) is 3. The summed E-state index contributed by atoms with van der Waals surface area (Å²) < 4.78 is 1.87. The average Bonchev–Trinajstić information content (AvgIpc) is 3.21. The molecule has 0 aliphatic heterocycles. The molecule has 8 heteroatoms. The van der Waals surface area contributed by atoms with Gasteiger partial charge in [0.2, 0.25) is 0 Å². The predicted molar refractivity (Wildman–Crippen MR) is 117 cm³/mol. The quantitative estimate of drug-likeness (QED) is 0.338. The van der Waals surface area contributed by atoms with Gasteiger partial charge in [-0.1, -0.05) is 31.5 Å². The Morgan fingerprint density at radius 2 is 1.79 bits per heavy atom. The minimum absolute atomic E-state index is 0.00694. The van der Waals surface area contributed by atoms with Crippen LogP contribution in [0.5, 0.6) is 0 Å². The van der Waals surface area contributed by atoms with Crippen LogP contribution in [0.25, 0.3) is 5.69 Å². The summed E-state index contributed by atoms with van der Waals surface area (Å²) in [6, 6.07) is 12.1. The molecule has 154 valence electrons. The van der Waals surface area contributed by atoms with Crippen molar-refractivity contribution in [1.29, 1.82) is 0 Å². The Hall–Kier alpha value is -3.19. The van der Waals surface area contributed by atoms with Crippen LogP contribution in [0, 0.1) is 24.0 Å². The van der Waals surface area contributed by atoms with Gasteiger partial charge in [0.1, 0.15) is 5.82 Å². The fourth-order valence-electron chi connectivity index (χ4n) is 2.26. The van der Waals surface area contributed by atoms with E-state index in [9.17, 15) is 14.9 Å². The van der Waals surface area contributed by atoms with Gasteiger partial charge < -0.3 is 5.32 Å². The van der Waals surface area contributed by atoms with Crippen LogP contribution in [0.4, 0.5) is 11.5 Å². The van der Waals surface area contributed by atoms with Gasteiger partial charge in [0.25, 0.3) is 5.69 Å².